The maximum atomic E-state index is 14.5. The fourth-order valence-electron chi connectivity index (χ4n) is 4.64. The maximum Gasteiger partial charge on any atom is 0.230 e. The Morgan fingerprint density at radius 3 is 2.48 bits per heavy atom. The van der Waals surface area contributed by atoms with Gasteiger partial charge in [0.2, 0.25) is 15.9 Å². The molecule has 2 aromatic rings. The molecule has 0 radical (unpaired) electrons. The van der Waals surface area contributed by atoms with Gasteiger partial charge >= 0.3 is 0 Å². The van der Waals surface area contributed by atoms with Crippen molar-refractivity contribution in [3.63, 3.8) is 0 Å². The minimum Gasteiger partial charge on any atom is -0.332 e. The summed E-state index contributed by atoms with van der Waals surface area (Å²) in [6.45, 7) is -0.464. The molecule has 1 heterocycles. The minimum atomic E-state index is -3.57. The van der Waals surface area contributed by atoms with E-state index in [0.717, 1.165) is 18.4 Å². The van der Waals surface area contributed by atoms with Crippen molar-refractivity contribution in [2.75, 3.05) is 19.3 Å². The van der Waals surface area contributed by atoms with Crippen LogP contribution in [0.2, 0.25) is 0 Å². The Bertz CT molecular complexity index is 1230. The molecule has 33 heavy (non-hydrogen) atoms. The number of nitrogens with one attached hydrogen (secondary N) is 1. The second-order valence-electron chi connectivity index (χ2n) is 8.59. The van der Waals surface area contributed by atoms with Gasteiger partial charge in [0, 0.05) is 12.5 Å². The summed E-state index contributed by atoms with van der Waals surface area (Å²) < 4.78 is 68.2. The molecule has 0 aromatic heterocycles. The number of carbonyl (C=O) groups excluding carboxylic acids is 1. The van der Waals surface area contributed by atoms with Crippen LogP contribution in [0.3, 0.4) is 0 Å². The monoisotopic (exact) mass is 477 g/mol. The highest BCUT2D eigenvalue weighted by molar-refractivity contribution is 7.88. The smallest absolute Gasteiger partial charge is 0.230 e. The molecule has 1 aliphatic heterocycles. The molecule has 174 valence electrons. The first-order valence-corrected chi connectivity index (χ1v) is 12.3. The summed E-state index contributed by atoms with van der Waals surface area (Å²) >= 11 is 0. The van der Waals surface area contributed by atoms with E-state index in [1.165, 1.54) is 11.0 Å². The minimum absolute atomic E-state index is 0.149. The third-order valence-electron chi connectivity index (χ3n) is 6.47. The van der Waals surface area contributed by atoms with Crippen molar-refractivity contribution in [2.45, 2.75) is 31.0 Å². The molecular weight excluding hydrogens is 455 g/mol. The summed E-state index contributed by atoms with van der Waals surface area (Å²) in [5.74, 6) is -2.42. The largest absolute Gasteiger partial charge is 0.332 e. The summed E-state index contributed by atoms with van der Waals surface area (Å²) in [4.78, 5) is 14.7. The van der Waals surface area contributed by atoms with Crippen LogP contribution in [0.5, 0.6) is 0 Å². The van der Waals surface area contributed by atoms with Crippen molar-refractivity contribution in [2.24, 2.45) is 5.41 Å². The van der Waals surface area contributed by atoms with Crippen LogP contribution in [0.25, 0.3) is 11.1 Å². The number of carbonyl (C=O) groups is 1. The normalized spacial score (nSPS) is 26.4. The molecule has 2 aromatic carbocycles. The van der Waals surface area contributed by atoms with E-state index in [1.54, 1.807) is 24.3 Å². The van der Waals surface area contributed by atoms with Crippen molar-refractivity contribution in [1.29, 1.82) is 5.26 Å². The molecule has 1 N–H and O–H groups in total. The fraction of sp³-hybridized carbons (Fsp3) is 0.391. The molecule has 1 aliphatic carbocycles. The van der Waals surface area contributed by atoms with E-state index in [-0.39, 0.29) is 31.5 Å². The molecule has 1 amide bonds. The molecule has 4 atom stereocenters. The van der Waals surface area contributed by atoms with E-state index in [9.17, 15) is 31.6 Å². The van der Waals surface area contributed by atoms with Crippen LogP contribution < -0.4 is 4.72 Å². The fourth-order valence-corrected chi connectivity index (χ4v) is 5.12. The van der Waals surface area contributed by atoms with Gasteiger partial charge in [-0.05, 0) is 29.7 Å². The highest BCUT2D eigenvalue weighted by atomic mass is 32.2. The predicted octanol–water partition coefficient (Wildman–Crippen LogP) is 3.12. The zero-order chi connectivity index (χ0) is 24.0. The van der Waals surface area contributed by atoms with Crippen molar-refractivity contribution in [1.82, 2.24) is 9.62 Å². The van der Waals surface area contributed by atoms with Gasteiger partial charge in [0.25, 0.3) is 0 Å². The van der Waals surface area contributed by atoms with Crippen molar-refractivity contribution < 1.29 is 26.4 Å². The Kier molecular flexibility index (Phi) is 5.97. The first-order chi connectivity index (χ1) is 15.6. The molecule has 0 bridgehead atoms. The standard InChI is InChI=1S/C23H22F3N3O3S/c1-33(31,32)28-12-20-19(26)13-29(20)22(30)23(9-10-27)11-16(23)14-5-2-3-6-15(14)21-17(24)7-4-8-18(21)25/h2-8,16,19-20,28H,9,11-13H2,1H3/t16-,19+,20+,23+/m0/s1. The second kappa shape index (κ2) is 8.47. The third-order valence-corrected chi connectivity index (χ3v) is 7.16. The van der Waals surface area contributed by atoms with Crippen LogP contribution in [0.1, 0.15) is 24.3 Å². The Balaban J connectivity index is 1.65. The van der Waals surface area contributed by atoms with Gasteiger partial charge < -0.3 is 4.90 Å². The number of sulfonamides is 1. The van der Waals surface area contributed by atoms with Crippen LogP contribution in [-0.2, 0) is 14.8 Å². The van der Waals surface area contributed by atoms with Crippen molar-refractivity contribution in [3.05, 3.63) is 59.7 Å². The van der Waals surface area contributed by atoms with Crippen LogP contribution in [0.4, 0.5) is 13.2 Å². The Hall–Kier alpha value is -2.90. The number of rotatable bonds is 7. The lowest BCUT2D eigenvalue weighted by Gasteiger charge is -2.45. The van der Waals surface area contributed by atoms with Gasteiger partial charge in [-0.3, -0.25) is 4.79 Å². The van der Waals surface area contributed by atoms with E-state index in [2.05, 4.69) is 4.72 Å². The molecule has 10 heteroatoms. The molecule has 0 unspecified atom stereocenters. The topological polar surface area (TPSA) is 90.3 Å². The van der Waals surface area contributed by atoms with Crippen molar-refractivity contribution in [3.8, 4) is 17.2 Å². The average molecular weight is 478 g/mol. The second-order valence-corrected chi connectivity index (χ2v) is 10.4. The predicted molar refractivity (Wildman–Crippen MR) is 115 cm³/mol. The number of hydrogen-bond acceptors (Lipinski definition) is 4. The number of halogens is 3. The number of nitriles is 1. The van der Waals surface area contributed by atoms with E-state index in [1.807, 2.05) is 6.07 Å². The molecule has 4 rings (SSSR count). The molecule has 6 nitrogen and oxygen atoms in total. The Morgan fingerprint density at radius 2 is 1.88 bits per heavy atom. The number of hydrogen-bond donors (Lipinski definition) is 1. The molecular formula is C23H22F3N3O3S. The summed E-state index contributed by atoms with van der Waals surface area (Å²) in [6.07, 6.45) is -0.326. The zero-order valence-corrected chi connectivity index (χ0v) is 18.6. The van der Waals surface area contributed by atoms with Gasteiger partial charge in [-0.15, -0.1) is 0 Å². The lowest BCUT2D eigenvalue weighted by atomic mass is 9.87. The number of amides is 1. The van der Waals surface area contributed by atoms with E-state index in [0.29, 0.717) is 11.1 Å². The summed E-state index contributed by atoms with van der Waals surface area (Å²) in [5, 5.41) is 9.42. The highest BCUT2D eigenvalue weighted by Gasteiger charge is 2.64. The quantitative estimate of drug-likeness (QED) is 0.664. The maximum absolute atomic E-state index is 14.5. The lowest BCUT2D eigenvalue weighted by Crippen LogP contribution is -2.65. The van der Waals surface area contributed by atoms with E-state index in [4.69, 9.17) is 0 Å². The van der Waals surface area contributed by atoms with Gasteiger partial charge in [-0.2, -0.15) is 5.26 Å². The van der Waals surface area contributed by atoms with Gasteiger partial charge in [-0.1, -0.05) is 30.3 Å². The van der Waals surface area contributed by atoms with Gasteiger partial charge in [-0.25, -0.2) is 26.3 Å². The first kappa shape index (κ1) is 23.3. The van der Waals surface area contributed by atoms with Gasteiger partial charge in [0.05, 0.1) is 42.3 Å². The summed E-state index contributed by atoms with van der Waals surface area (Å²) in [7, 11) is -3.57. The van der Waals surface area contributed by atoms with E-state index < -0.39 is 51.1 Å². The third kappa shape index (κ3) is 4.23. The van der Waals surface area contributed by atoms with Gasteiger partial charge in [0.1, 0.15) is 17.8 Å². The van der Waals surface area contributed by atoms with Crippen molar-refractivity contribution >= 4 is 15.9 Å². The van der Waals surface area contributed by atoms with Crippen LogP contribution >= 0.6 is 0 Å². The number of likely N-dealkylation sites (tertiary alicyclic amines) is 1. The Morgan fingerprint density at radius 1 is 1.21 bits per heavy atom. The first-order valence-electron chi connectivity index (χ1n) is 10.4. The van der Waals surface area contributed by atoms with Crippen LogP contribution in [0.15, 0.2) is 42.5 Å². The number of benzene rings is 2. The lowest BCUT2D eigenvalue weighted by molar-refractivity contribution is -0.150. The molecule has 2 aliphatic rings. The molecule has 1 saturated heterocycles. The number of alkyl halides is 1. The Labute approximate surface area is 190 Å². The number of nitrogens with zero attached hydrogens (tertiary/aromatic N) is 2. The van der Waals surface area contributed by atoms with Gasteiger partial charge in [0.15, 0.2) is 0 Å². The molecule has 0 spiro atoms. The van der Waals surface area contributed by atoms with Crippen LogP contribution in [-0.4, -0.2) is 50.8 Å². The summed E-state index contributed by atoms with van der Waals surface area (Å²) in [5.41, 5.74) is -0.529. The molecule has 1 saturated carbocycles. The average Bonchev–Trinajstić information content (AvgIpc) is 3.46. The van der Waals surface area contributed by atoms with E-state index >= 15 is 0 Å². The van der Waals surface area contributed by atoms with Crippen LogP contribution in [0, 0.1) is 28.4 Å². The highest BCUT2D eigenvalue weighted by Crippen LogP contribution is 2.64. The summed E-state index contributed by atoms with van der Waals surface area (Å²) in [6, 6.07) is 11.2. The zero-order valence-electron chi connectivity index (χ0n) is 17.8. The molecule has 2 fully saturated rings. The SMILES string of the molecule is CS(=O)(=O)NC[C@@H]1[C@H](F)CN1C(=O)[C@]1(CC#N)C[C@H]1c1ccccc1-c1c(F)cccc1F.